The first-order valence-corrected chi connectivity index (χ1v) is 3.24. The van der Waals surface area contributed by atoms with Crippen LogP contribution in [0.2, 0.25) is 0 Å². The molecule has 0 bridgehead atoms. The molecular weight excluding hydrogens is 168 g/mol. The molecule has 0 unspecified atom stereocenters. The zero-order valence-corrected chi connectivity index (χ0v) is 7.56. The van der Waals surface area contributed by atoms with Crippen LogP contribution in [0.4, 0.5) is 0 Å². The van der Waals surface area contributed by atoms with Crippen LogP contribution < -0.4 is 11.6 Å². The van der Waals surface area contributed by atoms with Gasteiger partial charge in [-0.3, -0.25) is 0 Å². The van der Waals surface area contributed by atoms with Crippen LogP contribution in [-0.2, 0) is 9.63 Å². The molecule has 0 fully saturated rings. The fraction of sp³-hybridized carbons (Fsp3) is 0.833. The lowest BCUT2D eigenvalue weighted by molar-refractivity contribution is -0.146. The molecule has 4 N–H and O–H groups in total. The zero-order chi connectivity index (χ0) is 8.15. The summed E-state index contributed by atoms with van der Waals surface area (Å²) in [5.41, 5.74) is 5.37. The lowest BCUT2D eigenvalue weighted by atomic mass is 10.1. The van der Waals surface area contributed by atoms with Crippen molar-refractivity contribution < 1.29 is 9.63 Å². The van der Waals surface area contributed by atoms with E-state index in [1.165, 1.54) is 0 Å². The number of nitrogens with two attached hydrogens (primary N) is 2. The van der Waals surface area contributed by atoms with Gasteiger partial charge in [0.15, 0.2) is 0 Å². The van der Waals surface area contributed by atoms with Crippen molar-refractivity contribution in [3.8, 4) is 0 Å². The van der Waals surface area contributed by atoms with E-state index in [1.54, 1.807) is 0 Å². The number of carbonyl (C=O) groups is 1. The number of hydrogen-bond acceptors (Lipinski definition) is 4. The Morgan fingerprint density at radius 2 is 2.00 bits per heavy atom. The van der Waals surface area contributed by atoms with Gasteiger partial charge in [-0.25, -0.2) is 4.79 Å². The molecule has 1 atom stereocenters. The van der Waals surface area contributed by atoms with Gasteiger partial charge in [0, 0.05) is 0 Å². The summed E-state index contributed by atoms with van der Waals surface area (Å²) in [5, 5.41) is 0. The van der Waals surface area contributed by atoms with Gasteiger partial charge in [-0.2, -0.15) is 5.90 Å². The van der Waals surface area contributed by atoms with Gasteiger partial charge >= 0.3 is 5.97 Å². The molecule has 0 heterocycles. The minimum atomic E-state index is -0.579. The van der Waals surface area contributed by atoms with E-state index in [4.69, 9.17) is 5.73 Å². The summed E-state index contributed by atoms with van der Waals surface area (Å²) < 4.78 is 0. The first-order chi connectivity index (χ1) is 4.57. The smallest absolute Gasteiger partial charge is 0.341 e. The monoisotopic (exact) mass is 182 g/mol. The maximum absolute atomic E-state index is 10.6. The maximum atomic E-state index is 10.6. The van der Waals surface area contributed by atoms with Crippen molar-refractivity contribution in [1.82, 2.24) is 0 Å². The molecule has 0 aromatic carbocycles. The largest absolute Gasteiger partial charge is 0.372 e. The van der Waals surface area contributed by atoms with Crippen LogP contribution in [0.15, 0.2) is 0 Å². The molecular formula is C6H15ClN2O2. The van der Waals surface area contributed by atoms with Crippen molar-refractivity contribution in [3.05, 3.63) is 0 Å². The second-order valence-corrected chi connectivity index (χ2v) is 2.67. The summed E-state index contributed by atoms with van der Waals surface area (Å²) in [6.07, 6.45) is 0.607. The molecule has 0 radical (unpaired) electrons. The SMILES string of the molecule is CC(C)C[C@H](N)C(=O)ON.Cl. The van der Waals surface area contributed by atoms with E-state index in [0.29, 0.717) is 12.3 Å². The van der Waals surface area contributed by atoms with Crippen molar-refractivity contribution in [2.45, 2.75) is 26.3 Å². The minimum Gasteiger partial charge on any atom is -0.372 e. The standard InChI is InChI=1S/C6H14N2O2.ClH/c1-4(2)3-5(7)6(9)10-8;/h4-5H,3,7-8H2,1-2H3;1H/t5-;/m0./s1. The Morgan fingerprint density at radius 3 is 2.27 bits per heavy atom. The van der Waals surface area contributed by atoms with Crippen LogP contribution in [0.1, 0.15) is 20.3 Å². The summed E-state index contributed by atoms with van der Waals surface area (Å²) in [7, 11) is 0. The molecule has 5 heteroatoms. The third kappa shape index (κ3) is 6.09. The average molecular weight is 183 g/mol. The number of rotatable bonds is 3. The normalized spacial score (nSPS) is 12.1. The lowest BCUT2D eigenvalue weighted by Gasteiger charge is -2.09. The lowest BCUT2D eigenvalue weighted by Crippen LogP contribution is -2.34. The fourth-order valence-electron chi connectivity index (χ4n) is 0.691. The van der Waals surface area contributed by atoms with Gasteiger partial charge in [-0.15, -0.1) is 12.4 Å². The van der Waals surface area contributed by atoms with Crippen molar-refractivity contribution >= 4 is 18.4 Å². The van der Waals surface area contributed by atoms with Crippen LogP contribution in [0, 0.1) is 5.92 Å². The molecule has 0 rings (SSSR count). The van der Waals surface area contributed by atoms with E-state index in [0.717, 1.165) is 0 Å². The van der Waals surface area contributed by atoms with Gasteiger partial charge in [-0.1, -0.05) is 13.8 Å². The van der Waals surface area contributed by atoms with Crippen LogP contribution in [-0.4, -0.2) is 12.0 Å². The van der Waals surface area contributed by atoms with Crippen LogP contribution in [0.25, 0.3) is 0 Å². The molecule has 0 amide bonds. The first kappa shape index (κ1) is 13.3. The van der Waals surface area contributed by atoms with Crippen molar-refractivity contribution in [3.63, 3.8) is 0 Å². The topological polar surface area (TPSA) is 78.3 Å². The van der Waals surface area contributed by atoms with Gasteiger partial charge in [0.1, 0.15) is 6.04 Å². The number of hydrogen-bond donors (Lipinski definition) is 2. The number of carbonyl (C=O) groups excluding carboxylic acids is 1. The summed E-state index contributed by atoms with van der Waals surface area (Å²) in [6, 6.07) is -0.579. The highest BCUT2D eigenvalue weighted by atomic mass is 35.5. The van der Waals surface area contributed by atoms with Gasteiger partial charge in [0.25, 0.3) is 0 Å². The highest BCUT2D eigenvalue weighted by Crippen LogP contribution is 2.02. The summed E-state index contributed by atoms with van der Waals surface area (Å²) in [4.78, 5) is 14.5. The Kier molecular flexibility index (Phi) is 7.72. The molecule has 0 saturated carbocycles. The molecule has 0 aliphatic rings. The highest BCUT2D eigenvalue weighted by Gasteiger charge is 2.14. The molecule has 0 aromatic heterocycles. The summed E-state index contributed by atoms with van der Waals surface area (Å²) in [6.45, 7) is 3.95. The van der Waals surface area contributed by atoms with Crippen LogP contribution >= 0.6 is 12.4 Å². The molecule has 0 spiro atoms. The minimum absolute atomic E-state index is 0. The van der Waals surface area contributed by atoms with E-state index in [1.807, 2.05) is 13.8 Å². The Hall–Kier alpha value is -0.320. The second kappa shape index (κ2) is 6.39. The molecule has 0 aromatic rings. The van der Waals surface area contributed by atoms with Gasteiger partial charge in [-0.05, 0) is 12.3 Å². The van der Waals surface area contributed by atoms with Crippen molar-refractivity contribution in [2.24, 2.45) is 17.5 Å². The second-order valence-electron chi connectivity index (χ2n) is 2.67. The van der Waals surface area contributed by atoms with Gasteiger partial charge in [0.2, 0.25) is 0 Å². The van der Waals surface area contributed by atoms with Crippen molar-refractivity contribution in [1.29, 1.82) is 0 Å². The predicted octanol–water partition coefficient (Wildman–Crippen LogP) is 0.199. The molecule has 4 nitrogen and oxygen atoms in total. The van der Waals surface area contributed by atoms with E-state index < -0.39 is 12.0 Å². The summed E-state index contributed by atoms with van der Waals surface area (Å²) in [5.74, 6) is 4.46. The Bertz CT molecular complexity index is 119. The van der Waals surface area contributed by atoms with Crippen LogP contribution in [0.5, 0.6) is 0 Å². The molecule has 0 aliphatic carbocycles. The van der Waals surface area contributed by atoms with Crippen molar-refractivity contribution in [2.75, 3.05) is 0 Å². The highest BCUT2D eigenvalue weighted by molar-refractivity contribution is 5.85. The van der Waals surface area contributed by atoms with E-state index in [-0.39, 0.29) is 12.4 Å². The first-order valence-electron chi connectivity index (χ1n) is 3.24. The van der Waals surface area contributed by atoms with E-state index in [2.05, 4.69) is 10.7 Å². The fourth-order valence-corrected chi connectivity index (χ4v) is 0.691. The third-order valence-electron chi connectivity index (χ3n) is 1.14. The molecule has 0 aliphatic heterocycles. The Labute approximate surface area is 72.6 Å². The quantitative estimate of drug-likeness (QED) is 0.612. The molecule has 68 valence electrons. The Morgan fingerprint density at radius 1 is 1.55 bits per heavy atom. The predicted molar refractivity (Wildman–Crippen MR) is 45.0 cm³/mol. The summed E-state index contributed by atoms with van der Waals surface area (Å²) >= 11 is 0. The molecule has 11 heavy (non-hydrogen) atoms. The Balaban J connectivity index is 0. The number of halogens is 1. The van der Waals surface area contributed by atoms with Gasteiger partial charge in [0.05, 0.1) is 0 Å². The van der Waals surface area contributed by atoms with Gasteiger partial charge < -0.3 is 10.6 Å². The molecule has 0 saturated heterocycles. The third-order valence-corrected chi connectivity index (χ3v) is 1.14. The van der Waals surface area contributed by atoms with Crippen LogP contribution in [0.3, 0.4) is 0 Å². The van der Waals surface area contributed by atoms with E-state index in [9.17, 15) is 4.79 Å². The average Bonchev–Trinajstić information content (AvgIpc) is 1.85. The zero-order valence-electron chi connectivity index (χ0n) is 6.74. The van der Waals surface area contributed by atoms with E-state index >= 15 is 0 Å². The maximum Gasteiger partial charge on any atom is 0.341 e.